The van der Waals surface area contributed by atoms with Crippen molar-refractivity contribution >= 4 is 11.9 Å². The lowest BCUT2D eigenvalue weighted by atomic mass is 10.1. The van der Waals surface area contributed by atoms with Crippen LogP contribution in [-0.4, -0.2) is 32.8 Å². The lowest BCUT2D eigenvalue weighted by Crippen LogP contribution is -2.33. The Morgan fingerprint density at radius 3 is 2.48 bits per heavy atom. The van der Waals surface area contributed by atoms with E-state index in [1.54, 1.807) is 6.20 Å². The van der Waals surface area contributed by atoms with Crippen LogP contribution in [-0.2, 0) is 4.79 Å². The summed E-state index contributed by atoms with van der Waals surface area (Å²) in [6, 6.07) is 10.2. The van der Waals surface area contributed by atoms with E-state index >= 15 is 0 Å². The van der Waals surface area contributed by atoms with E-state index in [-0.39, 0.29) is 17.9 Å². The number of benzene rings is 1. The summed E-state index contributed by atoms with van der Waals surface area (Å²) in [4.78, 5) is 24.2. The molecular formula is C21H25N3O3. The first-order chi connectivity index (χ1) is 13.1. The molecule has 2 fully saturated rings. The zero-order valence-corrected chi connectivity index (χ0v) is 15.3. The molecule has 4 rings (SSSR count). The highest BCUT2D eigenvalue weighted by atomic mass is 16.4. The lowest BCUT2D eigenvalue weighted by Gasteiger charge is -2.17. The fourth-order valence-electron chi connectivity index (χ4n) is 4.44. The molecule has 6 heteroatoms. The Morgan fingerprint density at radius 2 is 1.81 bits per heavy atom. The predicted molar refractivity (Wildman–Crippen MR) is 101 cm³/mol. The first-order valence-corrected chi connectivity index (χ1v) is 9.80. The first-order valence-electron chi connectivity index (χ1n) is 9.80. The van der Waals surface area contributed by atoms with Gasteiger partial charge in [0.15, 0.2) is 0 Å². The number of hydrogen-bond donors (Lipinski definition) is 2. The van der Waals surface area contributed by atoms with E-state index in [1.165, 1.54) is 12.8 Å². The van der Waals surface area contributed by atoms with Crippen molar-refractivity contribution in [2.75, 3.05) is 0 Å². The van der Waals surface area contributed by atoms with Crippen molar-refractivity contribution in [1.29, 1.82) is 0 Å². The summed E-state index contributed by atoms with van der Waals surface area (Å²) >= 11 is 0. The Labute approximate surface area is 158 Å². The number of hydrogen-bond acceptors (Lipinski definition) is 3. The van der Waals surface area contributed by atoms with Crippen molar-refractivity contribution < 1.29 is 14.7 Å². The second-order valence-corrected chi connectivity index (χ2v) is 7.67. The Hall–Kier alpha value is -2.63. The molecule has 6 nitrogen and oxygen atoms in total. The van der Waals surface area contributed by atoms with E-state index in [0.717, 1.165) is 24.1 Å². The third-order valence-electron chi connectivity index (χ3n) is 5.87. The van der Waals surface area contributed by atoms with E-state index in [1.807, 2.05) is 35.0 Å². The van der Waals surface area contributed by atoms with E-state index in [2.05, 4.69) is 10.4 Å². The highest BCUT2D eigenvalue weighted by Gasteiger charge is 2.32. The number of aliphatic carboxylic acids is 1. The van der Waals surface area contributed by atoms with Crippen LogP contribution in [0.4, 0.5) is 0 Å². The third kappa shape index (κ3) is 3.61. The number of carbonyl (C=O) groups is 2. The van der Waals surface area contributed by atoms with Crippen LogP contribution in [0.1, 0.15) is 61.3 Å². The number of rotatable bonds is 5. The van der Waals surface area contributed by atoms with Gasteiger partial charge in [-0.2, -0.15) is 5.10 Å². The molecule has 0 saturated heterocycles. The Morgan fingerprint density at radius 1 is 1.07 bits per heavy atom. The fourth-order valence-corrected chi connectivity index (χ4v) is 4.44. The third-order valence-corrected chi connectivity index (χ3v) is 5.87. The van der Waals surface area contributed by atoms with E-state index in [0.29, 0.717) is 30.9 Å². The van der Waals surface area contributed by atoms with Gasteiger partial charge < -0.3 is 10.4 Å². The van der Waals surface area contributed by atoms with Gasteiger partial charge in [-0.25, -0.2) is 0 Å². The van der Waals surface area contributed by atoms with Crippen molar-refractivity contribution in [2.45, 2.75) is 57.0 Å². The van der Waals surface area contributed by atoms with Gasteiger partial charge in [0.25, 0.3) is 5.91 Å². The molecule has 2 aromatic rings. The molecule has 2 aliphatic carbocycles. The van der Waals surface area contributed by atoms with E-state index < -0.39 is 5.97 Å². The number of carboxylic acid groups (broad SMARTS) is 1. The van der Waals surface area contributed by atoms with Crippen LogP contribution in [0.15, 0.2) is 36.5 Å². The topological polar surface area (TPSA) is 84.2 Å². The molecule has 1 amide bonds. The quantitative estimate of drug-likeness (QED) is 0.845. The number of carboxylic acids is 1. The first kappa shape index (κ1) is 17.8. The standard InChI is InChI=1S/C21H25N3O3/c25-20(23-16-11-10-15(12-16)21(26)27)18-13-22-24(17-8-4-5-9-17)19(18)14-6-2-1-3-7-14/h1-3,6-7,13,15-17H,4-5,8-12H2,(H,23,25)(H,26,27)/t15-,16+/m1/s1. The number of nitrogens with one attached hydrogen (secondary N) is 1. The number of aromatic nitrogens is 2. The van der Waals surface area contributed by atoms with Crippen LogP contribution < -0.4 is 5.32 Å². The fraction of sp³-hybridized carbons (Fsp3) is 0.476. The molecule has 1 heterocycles. The van der Waals surface area contributed by atoms with Gasteiger partial charge in [-0.15, -0.1) is 0 Å². The van der Waals surface area contributed by atoms with Crippen molar-refractivity contribution in [3.05, 3.63) is 42.1 Å². The van der Waals surface area contributed by atoms with Crippen LogP contribution in [0.2, 0.25) is 0 Å². The largest absolute Gasteiger partial charge is 0.481 e. The second kappa shape index (κ2) is 7.55. The molecule has 142 valence electrons. The molecule has 2 saturated carbocycles. The van der Waals surface area contributed by atoms with Gasteiger partial charge in [0.1, 0.15) is 0 Å². The van der Waals surface area contributed by atoms with Gasteiger partial charge in [-0.3, -0.25) is 14.3 Å². The van der Waals surface area contributed by atoms with Gasteiger partial charge in [0, 0.05) is 11.6 Å². The smallest absolute Gasteiger partial charge is 0.306 e. The van der Waals surface area contributed by atoms with Crippen LogP contribution >= 0.6 is 0 Å². The Bertz CT molecular complexity index is 824. The van der Waals surface area contributed by atoms with E-state index in [4.69, 9.17) is 0 Å². The zero-order valence-electron chi connectivity index (χ0n) is 15.3. The molecule has 1 aromatic carbocycles. The summed E-state index contributed by atoms with van der Waals surface area (Å²) in [5.41, 5.74) is 2.43. The highest BCUT2D eigenvalue weighted by Crippen LogP contribution is 2.35. The monoisotopic (exact) mass is 367 g/mol. The van der Waals surface area contributed by atoms with Gasteiger partial charge in [-0.1, -0.05) is 43.2 Å². The molecule has 2 N–H and O–H groups in total. The molecule has 0 radical (unpaired) electrons. The van der Waals surface area contributed by atoms with Gasteiger partial charge in [0.05, 0.1) is 29.4 Å². The van der Waals surface area contributed by atoms with Crippen molar-refractivity contribution in [3.63, 3.8) is 0 Å². The highest BCUT2D eigenvalue weighted by molar-refractivity contribution is 6.00. The number of nitrogens with zero attached hydrogens (tertiary/aromatic N) is 2. The van der Waals surface area contributed by atoms with Crippen molar-refractivity contribution in [2.24, 2.45) is 5.92 Å². The summed E-state index contributed by atoms with van der Waals surface area (Å²) in [5.74, 6) is -1.29. The van der Waals surface area contributed by atoms with Crippen LogP contribution in [0, 0.1) is 5.92 Å². The van der Waals surface area contributed by atoms with Gasteiger partial charge in [-0.05, 0) is 32.1 Å². The van der Waals surface area contributed by atoms with Crippen LogP contribution in [0.5, 0.6) is 0 Å². The molecule has 0 bridgehead atoms. The summed E-state index contributed by atoms with van der Waals surface area (Å²) < 4.78 is 2.02. The van der Waals surface area contributed by atoms with Gasteiger partial charge in [0.2, 0.25) is 0 Å². The molecule has 2 aliphatic rings. The molecule has 27 heavy (non-hydrogen) atoms. The average molecular weight is 367 g/mol. The predicted octanol–water partition coefficient (Wildman–Crippen LogP) is 3.65. The lowest BCUT2D eigenvalue weighted by molar-refractivity contribution is -0.141. The molecule has 0 aliphatic heterocycles. The minimum absolute atomic E-state index is 0.0861. The normalized spacial score (nSPS) is 22.8. The van der Waals surface area contributed by atoms with Gasteiger partial charge >= 0.3 is 5.97 Å². The second-order valence-electron chi connectivity index (χ2n) is 7.67. The summed E-state index contributed by atoms with van der Waals surface area (Å²) in [5, 5.41) is 16.8. The average Bonchev–Trinajstić information content (AvgIpc) is 3.41. The maximum atomic E-state index is 13.0. The summed E-state index contributed by atoms with van der Waals surface area (Å²) in [7, 11) is 0. The summed E-state index contributed by atoms with van der Waals surface area (Å²) in [6.07, 6.45) is 8.06. The molecule has 2 atom stereocenters. The molecular weight excluding hydrogens is 342 g/mol. The Kier molecular flexibility index (Phi) is 4.97. The van der Waals surface area contributed by atoms with E-state index in [9.17, 15) is 14.7 Å². The maximum Gasteiger partial charge on any atom is 0.306 e. The van der Waals surface area contributed by atoms with Crippen molar-refractivity contribution in [3.8, 4) is 11.3 Å². The maximum absolute atomic E-state index is 13.0. The minimum atomic E-state index is -0.772. The van der Waals surface area contributed by atoms with Crippen LogP contribution in [0.25, 0.3) is 11.3 Å². The SMILES string of the molecule is O=C(N[C@H]1CC[C@@H](C(=O)O)C1)c1cnn(C2CCCC2)c1-c1ccccc1. The molecule has 0 unspecified atom stereocenters. The summed E-state index contributed by atoms with van der Waals surface area (Å²) in [6.45, 7) is 0. The molecule has 1 aromatic heterocycles. The number of carbonyl (C=O) groups excluding carboxylic acids is 1. The van der Waals surface area contributed by atoms with Crippen LogP contribution in [0.3, 0.4) is 0 Å². The molecule has 0 spiro atoms. The van der Waals surface area contributed by atoms with Crippen molar-refractivity contribution in [1.82, 2.24) is 15.1 Å². The minimum Gasteiger partial charge on any atom is -0.481 e. The Balaban J connectivity index is 1.60. The zero-order chi connectivity index (χ0) is 18.8. The number of amides is 1.